The van der Waals surface area contributed by atoms with Crippen LogP contribution in [0.2, 0.25) is 0 Å². The molecule has 0 saturated carbocycles. The number of carbonyl (C=O) groups excluding carboxylic acids is 1. The van der Waals surface area contributed by atoms with Crippen LogP contribution < -0.4 is 11.2 Å². The first kappa shape index (κ1) is 29.7. The molecule has 1 aromatic rings. The van der Waals surface area contributed by atoms with Crippen LogP contribution in [-0.2, 0) is 52.3 Å². The Balaban J connectivity index is 2.21. The first-order chi connectivity index (χ1) is 16.0. The van der Waals surface area contributed by atoms with Crippen LogP contribution in [0.4, 0.5) is 0 Å². The normalized spacial score (nSPS) is 26.1. The van der Waals surface area contributed by atoms with Crippen LogP contribution >= 0.6 is 23.5 Å². The number of aliphatic hydroxyl groups is 1. The predicted octanol–water partition coefficient (Wildman–Crippen LogP) is -2.13. The summed E-state index contributed by atoms with van der Waals surface area (Å²) in [4.78, 5) is 73.5. The standard InChI is InChI=1S/C13H21N2O17P3/c1-27-8(16)3-6-4-15(13(19)14-11(6)18)12-10(28-2)9(17)7(30-12)5-29-34(23,24)32-35(25,26)31-33(20,21)22/h4,7,9-10,12,17H,3,5H2,1-2H3,(H,23,24)(H,25,26)(H,14,18,19)(H2,20,21,22)/t7-,9+,10?,12-/m1/s1. The van der Waals surface area contributed by atoms with Crippen molar-refractivity contribution in [2.45, 2.75) is 31.0 Å². The first-order valence-corrected chi connectivity index (χ1v) is 13.6. The molecule has 200 valence electrons. The Morgan fingerprint density at radius 2 is 1.74 bits per heavy atom. The highest BCUT2D eigenvalue weighted by molar-refractivity contribution is 7.66. The van der Waals surface area contributed by atoms with Gasteiger partial charge in [-0.3, -0.25) is 23.7 Å². The lowest BCUT2D eigenvalue weighted by molar-refractivity contribution is -0.139. The van der Waals surface area contributed by atoms with Gasteiger partial charge in [-0.25, -0.2) is 18.5 Å². The number of aromatic nitrogens is 2. The zero-order valence-electron chi connectivity index (χ0n) is 17.7. The van der Waals surface area contributed by atoms with Crippen LogP contribution in [0.25, 0.3) is 0 Å². The number of rotatable bonds is 11. The van der Waals surface area contributed by atoms with E-state index in [0.29, 0.717) is 0 Å². The van der Waals surface area contributed by atoms with Gasteiger partial charge in [0, 0.05) is 18.9 Å². The topological polar surface area (TPSA) is 280 Å². The summed E-state index contributed by atoms with van der Waals surface area (Å²) < 4.78 is 61.2. The zero-order chi connectivity index (χ0) is 26.8. The quantitative estimate of drug-likeness (QED) is 0.122. The van der Waals surface area contributed by atoms with E-state index in [0.717, 1.165) is 25.0 Å². The van der Waals surface area contributed by atoms with Crippen molar-refractivity contribution in [1.29, 1.82) is 0 Å². The number of nitrogens with zero attached hydrogens (tertiary/aromatic N) is 1. The molecule has 6 N–H and O–H groups in total. The van der Waals surface area contributed by atoms with E-state index in [4.69, 9.17) is 24.2 Å². The summed E-state index contributed by atoms with van der Waals surface area (Å²) in [6.45, 7) is -1.03. The fraction of sp³-hybridized carbons (Fsp3) is 0.615. The van der Waals surface area contributed by atoms with Crippen molar-refractivity contribution in [3.05, 3.63) is 32.6 Å². The first-order valence-electron chi connectivity index (χ1n) is 9.04. The Kier molecular flexibility index (Phi) is 9.52. The van der Waals surface area contributed by atoms with E-state index in [-0.39, 0.29) is 5.56 Å². The molecule has 6 atom stereocenters. The van der Waals surface area contributed by atoms with Gasteiger partial charge in [0.1, 0.15) is 18.3 Å². The SMILES string of the molecule is COC(=O)Cc1cn([C@@H]2O[C@H](COP(=O)(O)OP(=O)(O)OP(=O)(O)O)[C@H](O)C2OC)c(=O)[nH]c1=O. The summed E-state index contributed by atoms with van der Waals surface area (Å²) >= 11 is 0. The maximum absolute atomic E-state index is 12.3. The third kappa shape index (κ3) is 8.23. The molecule has 0 spiro atoms. The average Bonchev–Trinajstić information content (AvgIpc) is 3.00. The lowest BCUT2D eigenvalue weighted by Crippen LogP contribution is -2.40. The molecular weight excluding hydrogens is 549 g/mol. The van der Waals surface area contributed by atoms with E-state index in [9.17, 15) is 38.1 Å². The number of methoxy groups -OCH3 is 2. The predicted molar refractivity (Wildman–Crippen MR) is 108 cm³/mol. The zero-order valence-corrected chi connectivity index (χ0v) is 20.4. The third-order valence-corrected chi connectivity index (χ3v) is 8.08. The molecule has 3 unspecified atom stereocenters. The summed E-state index contributed by atoms with van der Waals surface area (Å²) in [5.41, 5.74) is -2.13. The highest BCUT2D eigenvalue weighted by Crippen LogP contribution is 2.66. The average molecular weight is 570 g/mol. The van der Waals surface area contributed by atoms with Crippen LogP contribution in [0.15, 0.2) is 15.8 Å². The molecule has 0 bridgehead atoms. The number of nitrogens with one attached hydrogen (secondary N) is 1. The van der Waals surface area contributed by atoms with Gasteiger partial charge in [-0.1, -0.05) is 0 Å². The number of phosphoric ester groups is 1. The monoisotopic (exact) mass is 570 g/mol. The molecule has 0 radical (unpaired) electrons. The van der Waals surface area contributed by atoms with E-state index in [1.165, 1.54) is 0 Å². The molecule has 19 nitrogen and oxygen atoms in total. The van der Waals surface area contributed by atoms with Crippen LogP contribution in [0.1, 0.15) is 11.8 Å². The molecular formula is C13H21N2O17P3. The van der Waals surface area contributed by atoms with Gasteiger partial charge in [0.2, 0.25) is 0 Å². The van der Waals surface area contributed by atoms with E-state index in [2.05, 4.69) is 17.9 Å². The van der Waals surface area contributed by atoms with Crippen LogP contribution in [0, 0.1) is 0 Å². The fourth-order valence-corrected chi connectivity index (χ4v) is 5.91. The van der Waals surface area contributed by atoms with E-state index >= 15 is 0 Å². The van der Waals surface area contributed by atoms with Crippen LogP contribution in [0.3, 0.4) is 0 Å². The minimum Gasteiger partial charge on any atom is -0.469 e. The summed E-state index contributed by atoms with van der Waals surface area (Å²) in [5.74, 6) is -0.801. The minimum absolute atomic E-state index is 0.207. The highest BCUT2D eigenvalue weighted by Gasteiger charge is 2.47. The molecule has 1 saturated heterocycles. The minimum atomic E-state index is -5.77. The van der Waals surface area contributed by atoms with E-state index < -0.39 is 78.3 Å². The highest BCUT2D eigenvalue weighted by atomic mass is 31.3. The van der Waals surface area contributed by atoms with Crippen molar-refractivity contribution >= 4 is 29.4 Å². The maximum atomic E-state index is 12.3. The van der Waals surface area contributed by atoms with Gasteiger partial charge in [0.15, 0.2) is 6.23 Å². The number of esters is 1. The Bertz CT molecular complexity index is 1190. The molecule has 0 amide bonds. The molecule has 2 heterocycles. The summed E-state index contributed by atoms with van der Waals surface area (Å²) in [5, 5.41) is 10.4. The van der Waals surface area contributed by atoms with Gasteiger partial charge in [0.25, 0.3) is 5.56 Å². The number of H-pyrrole nitrogens is 1. The number of hydrogen-bond acceptors (Lipinski definition) is 13. The van der Waals surface area contributed by atoms with Gasteiger partial charge in [-0.2, -0.15) is 8.62 Å². The van der Waals surface area contributed by atoms with Gasteiger partial charge >= 0.3 is 35.1 Å². The van der Waals surface area contributed by atoms with Crippen molar-refractivity contribution in [3.63, 3.8) is 0 Å². The molecule has 22 heteroatoms. The second-order valence-corrected chi connectivity index (χ2v) is 11.1. The number of carbonyl (C=O) groups is 1. The molecule has 2 rings (SSSR count). The Labute approximate surface area is 194 Å². The van der Waals surface area contributed by atoms with Crippen LogP contribution in [-0.4, -0.2) is 79.3 Å². The maximum Gasteiger partial charge on any atom is 0.490 e. The van der Waals surface area contributed by atoms with Gasteiger partial charge in [0.05, 0.1) is 20.1 Å². The lowest BCUT2D eigenvalue weighted by atomic mass is 10.1. The molecule has 0 aliphatic carbocycles. The number of hydrogen-bond donors (Lipinski definition) is 6. The van der Waals surface area contributed by atoms with Crippen molar-refractivity contribution in [1.82, 2.24) is 9.55 Å². The van der Waals surface area contributed by atoms with E-state index in [1.807, 2.05) is 4.98 Å². The molecule has 0 aromatic carbocycles. The van der Waals surface area contributed by atoms with Crippen LogP contribution in [0.5, 0.6) is 0 Å². The largest absolute Gasteiger partial charge is 0.490 e. The second kappa shape index (κ2) is 11.2. The molecule has 1 aliphatic rings. The number of ether oxygens (including phenoxy) is 3. The van der Waals surface area contributed by atoms with Crippen molar-refractivity contribution in [3.8, 4) is 0 Å². The van der Waals surface area contributed by atoms with Gasteiger partial charge in [-0.05, 0) is 0 Å². The van der Waals surface area contributed by atoms with E-state index in [1.54, 1.807) is 0 Å². The lowest BCUT2D eigenvalue weighted by Gasteiger charge is -2.20. The summed E-state index contributed by atoms with van der Waals surface area (Å²) in [6.07, 6.45) is -5.57. The molecule has 1 aromatic heterocycles. The molecule has 35 heavy (non-hydrogen) atoms. The fourth-order valence-electron chi connectivity index (χ4n) is 2.88. The number of phosphoric acid groups is 3. The van der Waals surface area contributed by atoms with Crippen molar-refractivity contribution < 1.29 is 70.5 Å². The third-order valence-electron chi connectivity index (χ3n) is 4.28. The number of aliphatic hydroxyl groups excluding tert-OH is 1. The summed E-state index contributed by atoms with van der Waals surface area (Å²) in [6, 6.07) is 0. The Morgan fingerprint density at radius 3 is 2.29 bits per heavy atom. The Hall–Kier alpha value is -1.56. The smallest absolute Gasteiger partial charge is 0.469 e. The van der Waals surface area contributed by atoms with Gasteiger partial charge < -0.3 is 38.9 Å². The van der Waals surface area contributed by atoms with Gasteiger partial charge in [-0.15, -0.1) is 0 Å². The molecule has 1 fully saturated rings. The van der Waals surface area contributed by atoms with Crippen molar-refractivity contribution in [2.75, 3.05) is 20.8 Å². The second-order valence-electron chi connectivity index (χ2n) is 6.72. The molecule has 1 aliphatic heterocycles. The summed E-state index contributed by atoms with van der Waals surface area (Å²) in [7, 11) is -14.7. The number of aromatic amines is 1. The van der Waals surface area contributed by atoms with Crippen molar-refractivity contribution in [2.24, 2.45) is 0 Å². The Morgan fingerprint density at radius 1 is 1.11 bits per heavy atom.